The van der Waals surface area contributed by atoms with Gasteiger partial charge in [-0.2, -0.15) is 0 Å². The van der Waals surface area contributed by atoms with Crippen LogP contribution in [0.4, 0.5) is 0 Å². The van der Waals surface area contributed by atoms with Gasteiger partial charge in [0.1, 0.15) is 0 Å². The summed E-state index contributed by atoms with van der Waals surface area (Å²) in [4.78, 5) is 0. The van der Waals surface area contributed by atoms with E-state index in [-0.39, 0.29) is 18.0 Å². The molecule has 1 heterocycles. The highest BCUT2D eigenvalue weighted by Crippen LogP contribution is 2.44. The summed E-state index contributed by atoms with van der Waals surface area (Å²) in [5.41, 5.74) is 5.81. The fraction of sp³-hybridized carbons (Fsp3) is 1.00. The molecule has 0 aromatic rings. The highest BCUT2D eigenvalue weighted by molar-refractivity contribution is 5.85. The second-order valence-electron chi connectivity index (χ2n) is 3.50. The minimum absolute atomic E-state index is 0. The molecule has 11 heavy (non-hydrogen) atoms. The first-order valence-corrected chi connectivity index (χ1v) is 4.21. The van der Waals surface area contributed by atoms with E-state index in [4.69, 9.17) is 10.5 Å². The fourth-order valence-corrected chi connectivity index (χ4v) is 2.44. The monoisotopic (exact) mass is 177 g/mol. The Kier molecular flexibility index (Phi) is 2.79. The number of halogens is 1. The van der Waals surface area contributed by atoms with Crippen LogP contribution in [0.1, 0.15) is 25.7 Å². The molecular weight excluding hydrogens is 162 g/mol. The maximum Gasteiger partial charge on any atom is 0.0832 e. The quantitative estimate of drug-likeness (QED) is 0.656. The molecule has 1 aliphatic carbocycles. The Morgan fingerprint density at radius 2 is 2.27 bits per heavy atom. The maximum absolute atomic E-state index is 5.69. The summed E-state index contributed by atoms with van der Waals surface area (Å²) in [5.74, 6) is 0.789. The molecule has 2 N–H and O–H groups in total. The number of nitrogens with two attached hydrogens (primary N) is 1. The normalized spacial score (nSPS) is 41.7. The smallest absolute Gasteiger partial charge is 0.0832 e. The summed E-state index contributed by atoms with van der Waals surface area (Å²) in [6.45, 7) is 1.68. The van der Waals surface area contributed by atoms with E-state index < -0.39 is 0 Å². The van der Waals surface area contributed by atoms with E-state index in [1.807, 2.05) is 0 Å². The van der Waals surface area contributed by atoms with Gasteiger partial charge in [0, 0.05) is 13.2 Å². The molecule has 3 heteroatoms. The molecule has 2 rings (SSSR count). The number of rotatable bonds is 1. The SMILES string of the molecule is Cl.NC[C@]12CCC[C@H]1CCO2. The highest BCUT2D eigenvalue weighted by Gasteiger charge is 2.46. The van der Waals surface area contributed by atoms with Gasteiger partial charge in [0.2, 0.25) is 0 Å². The average molecular weight is 178 g/mol. The van der Waals surface area contributed by atoms with E-state index in [1.165, 1.54) is 25.7 Å². The number of hydrogen-bond donors (Lipinski definition) is 1. The third-order valence-electron chi connectivity index (χ3n) is 3.10. The minimum atomic E-state index is 0. The summed E-state index contributed by atoms with van der Waals surface area (Å²) in [5, 5.41) is 0. The third-order valence-corrected chi connectivity index (χ3v) is 3.10. The molecule has 0 aromatic heterocycles. The zero-order valence-electron chi connectivity index (χ0n) is 6.71. The maximum atomic E-state index is 5.69. The minimum Gasteiger partial charge on any atom is -0.373 e. The van der Waals surface area contributed by atoms with E-state index in [1.54, 1.807) is 0 Å². The Morgan fingerprint density at radius 3 is 2.91 bits per heavy atom. The summed E-state index contributed by atoms with van der Waals surface area (Å²) in [7, 11) is 0. The largest absolute Gasteiger partial charge is 0.373 e. The van der Waals surface area contributed by atoms with Crippen LogP contribution in [0, 0.1) is 5.92 Å². The summed E-state index contributed by atoms with van der Waals surface area (Å²) in [6, 6.07) is 0. The lowest BCUT2D eigenvalue weighted by atomic mass is 9.91. The van der Waals surface area contributed by atoms with Gasteiger partial charge in [0.15, 0.2) is 0 Å². The van der Waals surface area contributed by atoms with Gasteiger partial charge in [0.05, 0.1) is 5.60 Å². The molecule has 0 aromatic carbocycles. The molecule has 0 unspecified atom stereocenters. The summed E-state index contributed by atoms with van der Waals surface area (Å²) < 4.78 is 5.69. The van der Waals surface area contributed by atoms with E-state index >= 15 is 0 Å². The van der Waals surface area contributed by atoms with Gasteiger partial charge >= 0.3 is 0 Å². The van der Waals surface area contributed by atoms with Gasteiger partial charge < -0.3 is 10.5 Å². The molecule has 66 valence electrons. The first kappa shape index (κ1) is 9.30. The standard InChI is InChI=1S/C8H15NO.ClH/c9-6-8-4-1-2-7(8)3-5-10-8;/h7H,1-6,9H2;1H/t7-,8+;/m0./s1. The Balaban J connectivity index is 0.000000605. The van der Waals surface area contributed by atoms with Gasteiger partial charge in [-0.05, 0) is 25.2 Å². The molecule has 2 aliphatic rings. The van der Waals surface area contributed by atoms with Gasteiger partial charge in [-0.1, -0.05) is 6.42 Å². The van der Waals surface area contributed by atoms with Gasteiger partial charge in [-0.25, -0.2) is 0 Å². The van der Waals surface area contributed by atoms with Crippen molar-refractivity contribution in [1.82, 2.24) is 0 Å². The lowest BCUT2D eigenvalue weighted by Crippen LogP contribution is -2.39. The van der Waals surface area contributed by atoms with E-state index in [0.717, 1.165) is 19.1 Å². The van der Waals surface area contributed by atoms with Crippen LogP contribution in [0.2, 0.25) is 0 Å². The molecule has 1 saturated carbocycles. The van der Waals surface area contributed by atoms with Crippen molar-refractivity contribution in [2.24, 2.45) is 11.7 Å². The molecule has 1 aliphatic heterocycles. The zero-order valence-corrected chi connectivity index (χ0v) is 7.53. The predicted molar refractivity (Wildman–Crippen MR) is 46.9 cm³/mol. The van der Waals surface area contributed by atoms with Crippen molar-refractivity contribution in [2.45, 2.75) is 31.3 Å². The van der Waals surface area contributed by atoms with Crippen molar-refractivity contribution in [1.29, 1.82) is 0 Å². The second-order valence-corrected chi connectivity index (χ2v) is 3.50. The number of fused-ring (bicyclic) bond motifs is 1. The van der Waals surface area contributed by atoms with Crippen molar-refractivity contribution in [2.75, 3.05) is 13.2 Å². The van der Waals surface area contributed by atoms with E-state index in [9.17, 15) is 0 Å². The van der Waals surface area contributed by atoms with Crippen molar-refractivity contribution >= 4 is 12.4 Å². The molecule has 1 saturated heterocycles. The predicted octanol–water partition coefficient (Wildman–Crippen LogP) is 1.33. The van der Waals surface area contributed by atoms with Crippen molar-refractivity contribution in [3.63, 3.8) is 0 Å². The van der Waals surface area contributed by atoms with Crippen LogP contribution in [-0.2, 0) is 4.74 Å². The highest BCUT2D eigenvalue weighted by atomic mass is 35.5. The first-order valence-electron chi connectivity index (χ1n) is 4.21. The lowest BCUT2D eigenvalue weighted by molar-refractivity contribution is -0.000196. The molecule has 2 fully saturated rings. The van der Waals surface area contributed by atoms with Crippen LogP contribution in [0.5, 0.6) is 0 Å². The molecule has 2 nitrogen and oxygen atoms in total. The molecule has 2 atom stereocenters. The second kappa shape index (κ2) is 3.30. The molecule has 0 radical (unpaired) electrons. The van der Waals surface area contributed by atoms with Gasteiger partial charge in [-0.15, -0.1) is 12.4 Å². The van der Waals surface area contributed by atoms with Crippen molar-refractivity contribution < 1.29 is 4.74 Å². The number of hydrogen-bond acceptors (Lipinski definition) is 2. The van der Waals surface area contributed by atoms with Gasteiger partial charge in [-0.3, -0.25) is 0 Å². The van der Waals surface area contributed by atoms with Crippen LogP contribution in [0.15, 0.2) is 0 Å². The summed E-state index contributed by atoms with van der Waals surface area (Å²) >= 11 is 0. The zero-order chi connectivity index (χ0) is 7.03. The molecule has 0 bridgehead atoms. The van der Waals surface area contributed by atoms with Gasteiger partial charge in [0.25, 0.3) is 0 Å². The van der Waals surface area contributed by atoms with Crippen LogP contribution in [-0.4, -0.2) is 18.8 Å². The Bertz CT molecular complexity index is 130. The Hall–Kier alpha value is 0.210. The van der Waals surface area contributed by atoms with Crippen LogP contribution >= 0.6 is 12.4 Å². The topological polar surface area (TPSA) is 35.2 Å². The van der Waals surface area contributed by atoms with Crippen molar-refractivity contribution in [3.05, 3.63) is 0 Å². The first-order chi connectivity index (χ1) is 4.87. The summed E-state index contributed by atoms with van der Waals surface area (Å²) in [6.07, 6.45) is 5.12. The van der Waals surface area contributed by atoms with E-state index in [2.05, 4.69) is 0 Å². The average Bonchev–Trinajstić information content (AvgIpc) is 2.42. The number of ether oxygens (including phenoxy) is 1. The molecule has 0 amide bonds. The molecular formula is C8H16ClNO. The van der Waals surface area contributed by atoms with Crippen LogP contribution < -0.4 is 5.73 Å². The lowest BCUT2D eigenvalue weighted by Gasteiger charge is -2.26. The molecule has 0 spiro atoms. The Labute approximate surface area is 73.9 Å². The van der Waals surface area contributed by atoms with E-state index in [0.29, 0.717) is 0 Å². The fourth-order valence-electron chi connectivity index (χ4n) is 2.44. The van der Waals surface area contributed by atoms with Crippen LogP contribution in [0.25, 0.3) is 0 Å². The Morgan fingerprint density at radius 1 is 1.45 bits per heavy atom. The van der Waals surface area contributed by atoms with Crippen molar-refractivity contribution in [3.8, 4) is 0 Å². The third kappa shape index (κ3) is 1.28. The van der Waals surface area contributed by atoms with Crippen LogP contribution in [0.3, 0.4) is 0 Å².